The van der Waals surface area contributed by atoms with E-state index in [0.29, 0.717) is 27.8 Å². The number of methoxy groups -OCH3 is 1. The first-order valence-corrected chi connectivity index (χ1v) is 7.02. The molecule has 21 heavy (non-hydrogen) atoms. The average molecular weight is 368 g/mol. The summed E-state index contributed by atoms with van der Waals surface area (Å²) >= 11 is 9.56. The molecule has 0 unspecified atom stereocenters. The van der Waals surface area contributed by atoms with Crippen LogP contribution in [0.4, 0.5) is 0 Å². The number of ether oxygens (including phenoxy) is 1. The highest BCUT2D eigenvalue weighted by molar-refractivity contribution is 9.10. The first kappa shape index (κ1) is 14.0. The van der Waals surface area contributed by atoms with Gasteiger partial charge in [0.05, 0.1) is 17.7 Å². The van der Waals surface area contributed by atoms with Crippen molar-refractivity contribution in [3.8, 4) is 11.5 Å². The molecule has 0 saturated heterocycles. The van der Waals surface area contributed by atoms with Crippen LogP contribution in [-0.4, -0.2) is 32.7 Å². The van der Waals surface area contributed by atoms with E-state index in [2.05, 4.69) is 31.1 Å². The largest absolute Gasteiger partial charge is 0.465 e. The van der Waals surface area contributed by atoms with Crippen molar-refractivity contribution in [3.63, 3.8) is 0 Å². The molecule has 3 aromatic rings. The fourth-order valence-corrected chi connectivity index (χ4v) is 2.57. The van der Waals surface area contributed by atoms with E-state index in [-0.39, 0.29) is 0 Å². The molecule has 8 heteroatoms. The van der Waals surface area contributed by atoms with Crippen LogP contribution in [0.5, 0.6) is 0 Å². The molecule has 0 bridgehead atoms. The molecule has 0 N–H and O–H groups in total. The highest BCUT2D eigenvalue weighted by Crippen LogP contribution is 2.27. The Morgan fingerprint density at radius 2 is 2.24 bits per heavy atom. The van der Waals surface area contributed by atoms with Gasteiger partial charge < -0.3 is 4.74 Å². The Morgan fingerprint density at radius 3 is 2.95 bits per heavy atom. The number of aromatic nitrogens is 4. The molecule has 0 aliphatic heterocycles. The molecule has 0 fully saturated rings. The quantitative estimate of drug-likeness (QED) is 0.651. The summed E-state index contributed by atoms with van der Waals surface area (Å²) in [5, 5.41) is 8.44. The third-order valence-corrected chi connectivity index (χ3v) is 3.77. The van der Waals surface area contributed by atoms with Gasteiger partial charge in [0.1, 0.15) is 5.69 Å². The Hall–Kier alpha value is -1.99. The Bertz CT molecular complexity index is 849. The predicted octanol–water partition coefficient (Wildman–Crippen LogP) is 2.99. The van der Waals surface area contributed by atoms with Crippen molar-refractivity contribution in [2.45, 2.75) is 0 Å². The van der Waals surface area contributed by atoms with E-state index in [9.17, 15) is 4.79 Å². The van der Waals surface area contributed by atoms with Gasteiger partial charge in [0, 0.05) is 16.9 Å². The minimum Gasteiger partial charge on any atom is -0.465 e. The van der Waals surface area contributed by atoms with E-state index in [1.165, 1.54) is 13.2 Å². The number of hydrogen-bond donors (Lipinski definition) is 0. The molecule has 0 spiro atoms. The molecule has 0 aliphatic rings. The molecule has 0 aromatic carbocycles. The molecular formula is C13H8BrClN4O2. The summed E-state index contributed by atoms with van der Waals surface area (Å²) in [4.78, 5) is 16.0. The Labute approximate surface area is 132 Å². The number of pyridine rings is 2. The van der Waals surface area contributed by atoms with Gasteiger partial charge in [-0.15, -0.1) is 10.2 Å². The average Bonchev–Trinajstić information content (AvgIpc) is 2.91. The number of esters is 1. The monoisotopic (exact) mass is 366 g/mol. The zero-order valence-electron chi connectivity index (χ0n) is 10.7. The summed E-state index contributed by atoms with van der Waals surface area (Å²) < 4.78 is 7.09. The molecule has 3 aromatic heterocycles. The van der Waals surface area contributed by atoms with Crippen molar-refractivity contribution in [1.82, 2.24) is 19.6 Å². The van der Waals surface area contributed by atoms with Gasteiger partial charge in [0.15, 0.2) is 11.5 Å². The molecule has 6 nitrogen and oxygen atoms in total. The minimum absolute atomic E-state index is 0.308. The number of carbonyl (C=O) groups is 1. The lowest BCUT2D eigenvalue weighted by atomic mass is 10.2. The second kappa shape index (κ2) is 5.42. The maximum absolute atomic E-state index is 11.7. The Morgan fingerprint density at radius 1 is 1.43 bits per heavy atom. The van der Waals surface area contributed by atoms with Gasteiger partial charge in [-0.25, -0.2) is 4.79 Å². The highest BCUT2D eigenvalue weighted by Gasteiger charge is 2.17. The summed E-state index contributed by atoms with van der Waals surface area (Å²) in [6.07, 6.45) is 3.22. The first-order chi connectivity index (χ1) is 10.1. The van der Waals surface area contributed by atoms with Crippen molar-refractivity contribution >= 4 is 39.1 Å². The van der Waals surface area contributed by atoms with Gasteiger partial charge in [0.2, 0.25) is 0 Å². The number of carbonyl (C=O) groups excluding carboxylic acids is 1. The lowest BCUT2D eigenvalue weighted by Gasteiger charge is -2.05. The molecule has 0 aliphatic carbocycles. The molecule has 0 radical (unpaired) electrons. The minimum atomic E-state index is -0.487. The van der Waals surface area contributed by atoms with E-state index < -0.39 is 5.97 Å². The normalized spacial score (nSPS) is 10.8. The molecule has 0 amide bonds. The van der Waals surface area contributed by atoms with Crippen molar-refractivity contribution in [3.05, 3.63) is 45.7 Å². The van der Waals surface area contributed by atoms with Crippen molar-refractivity contribution < 1.29 is 9.53 Å². The van der Waals surface area contributed by atoms with Crippen LogP contribution >= 0.6 is 27.5 Å². The lowest BCUT2D eigenvalue weighted by Crippen LogP contribution is -2.04. The van der Waals surface area contributed by atoms with Crippen LogP contribution in [0.2, 0.25) is 5.02 Å². The van der Waals surface area contributed by atoms with Crippen LogP contribution in [0.25, 0.3) is 17.2 Å². The summed E-state index contributed by atoms with van der Waals surface area (Å²) in [7, 11) is 1.31. The van der Waals surface area contributed by atoms with Gasteiger partial charge in [-0.1, -0.05) is 11.6 Å². The van der Waals surface area contributed by atoms with E-state index in [4.69, 9.17) is 16.3 Å². The van der Waals surface area contributed by atoms with Gasteiger partial charge in [-0.05, 0) is 34.1 Å². The van der Waals surface area contributed by atoms with Crippen LogP contribution in [-0.2, 0) is 4.74 Å². The molecule has 3 heterocycles. The fraction of sp³-hybridized carbons (Fsp3) is 0.0769. The summed E-state index contributed by atoms with van der Waals surface area (Å²) in [6, 6.07) is 5.13. The van der Waals surface area contributed by atoms with Crippen LogP contribution in [0, 0.1) is 0 Å². The maximum Gasteiger partial charge on any atom is 0.339 e. The first-order valence-electron chi connectivity index (χ1n) is 5.85. The molecule has 3 rings (SSSR count). The predicted molar refractivity (Wildman–Crippen MR) is 80.3 cm³/mol. The fourth-order valence-electron chi connectivity index (χ4n) is 1.90. The zero-order valence-corrected chi connectivity index (χ0v) is 13.1. The number of fused-ring (bicyclic) bond motifs is 1. The van der Waals surface area contributed by atoms with E-state index in [1.807, 2.05) is 6.07 Å². The number of rotatable bonds is 2. The van der Waals surface area contributed by atoms with Gasteiger partial charge in [-0.2, -0.15) is 0 Å². The summed E-state index contributed by atoms with van der Waals surface area (Å²) in [5.41, 5.74) is 1.35. The van der Waals surface area contributed by atoms with E-state index >= 15 is 0 Å². The van der Waals surface area contributed by atoms with Crippen LogP contribution in [0.15, 0.2) is 35.1 Å². The summed E-state index contributed by atoms with van der Waals surface area (Å²) in [6.45, 7) is 0. The van der Waals surface area contributed by atoms with Crippen LogP contribution in [0.1, 0.15) is 10.4 Å². The SMILES string of the molecule is COC(=O)c1cc(Cl)c2nnc(-c3ncccc3Br)n2c1. The van der Waals surface area contributed by atoms with E-state index in [0.717, 1.165) is 4.47 Å². The van der Waals surface area contributed by atoms with Crippen LogP contribution < -0.4 is 0 Å². The molecule has 106 valence electrons. The third kappa shape index (κ3) is 2.38. The van der Waals surface area contributed by atoms with Crippen LogP contribution in [0.3, 0.4) is 0 Å². The number of halogens is 2. The molecule has 0 atom stereocenters. The Balaban J connectivity index is 2.28. The van der Waals surface area contributed by atoms with E-state index in [1.54, 1.807) is 22.9 Å². The molecule has 0 saturated carbocycles. The van der Waals surface area contributed by atoms with Crippen molar-refractivity contribution in [2.24, 2.45) is 0 Å². The Kier molecular flexibility index (Phi) is 3.60. The maximum atomic E-state index is 11.7. The molecular weight excluding hydrogens is 360 g/mol. The number of nitrogens with zero attached hydrogens (tertiary/aromatic N) is 4. The standard InChI is InChI=1S/C13H8BrClN4O2/c1-21-13(20)7-5-9(15)11-17-18-12(19(11)6-7)10-8(14)3-2-4-16-10/h2-6H,1H3. The van der Waals surface area contributed by atoms with Crippen molar-refractivity contribution in [2.75, 3.05) is 7.11 Å². The topological polar surface area (TPSA) is 69.4 Å². The third-order valence-electron chi connectivity index (χ3n) is 2.85. The zero-order chi connectivity index (χ0) is 15.0. The second-order valence-electron chi connectivity index (χ2n) is 4.12. The van der Waals surface area contributed by atoms with Gasteiger partial charge in [-0.3, -0.25) is 9.38 Å². The number of hydrogen-bond acceptors (Lipinski definition) is 5. The van der Waals surface area contributed by atoms with Crippen molar-refractivity contribution in [1.29, 1.82) is 0 Å². The van der Waals surface area contributed by atoms with Gasteiger partial charge in [0.25, 0.3) is 0 Å². The summed E-state index contributed by atoms with van der Waals surface area (Å²) in [5.74, 6) is -0.0105. The second-order valence-corrected chi connectivity index (χ2v) is 5.38. The highest BCUT2D eigenvalue weighted by atomic mass is 79.9. The smallest absolute Gasteiger partial charge is 0.339 e. The van der Waals surface area contributed by atoms with Gasteiger partial charge >= 0.3 is 5.97 Å². The lowest BCUT2D eigenvalue weighted by molar-refractivity contribution is 0.0600.